The van der Waals surface area contributed by atoms with E-state index < -0.39 is 0 Å². The smallest absolute Gasteiger partial charge is 0.197 e. The Morgan fingerprint density at radius 2 is 0.784 bits per heavy atom. The van der Waals surface area contributed by atoms with Gasteiger partial charge in [-0.25, -0.2) is 19.8 Å². The molecule has 3 heterocycles. The molecule has 0 amide bonds. The fourth-order valence-electron chi connectivity index (χ4n) is 11.2. The predicted molar refractivity (Wildman–Crippen MR) is 306 cm³/mol. The Balaban J connectivity index is 1.15. The molecule has 10 aromatic carbocycles. The predicted octanol–water partition coefficient (Wildman–Crippen LogP) is 17.9. The van der Waals surface area contributed by atoms with E-state index in [0.29, 0.717) is 23.2 Å². The van der Waals surface area contributed by atoms with E-state index in [9.17, 15) is 0 Å². The van der Waals surface area contributed by atoms with Crippen LogP contribution in [0.15, 0.2) is 218 Å². The Morgan fingerprint density at radius 1 is 0.338 bits per heavy atom. The number of hydrogen-bond acceptors (Lipinski definition) is 3. The van der Waals surface area contributed by atoms with Crippen LogP contribution in [0.1, 0.15) is 22.3 Å². The van der Waals surface area contributed by atoms with Gasteiger partial charge >= 0.3 is 0 Å². The Bertz CT molecular complexity index is 4360. The van der Waals surface area contributed by atoms with E-state index in [1.54, 1.807) is 0 Å². The van der Waals surface area contributed by atoms with Gasteiger partial charge in [0.05, 0.1) is 34.3 Å². The van der Waals surface area contributed by atoms with E-state index >= 15 is 0 Å². The topological polar surface area (TPSA) is 52.9 Å². The van der Waals surface area contributed by atoms with Crippen molar-refractivity contribution >= 4 is 49.3 Å². The minimum atomic E-state index is 0.499. The van der Waals surface area contributed by atoms with Gasteiger partial charge in [-0.1, -0.05) is 181 Å². The number of aryl methyl sites for hydroxylation is 4. The van der Waals surface area contributed by atoms with Crippen molar-refractivity contribution in [1.82, 2.24) is 24.1 Å². The number of benzene rings is 10. The molecule has 350 valence electrons. The van der Waals surface area contributed by atoms with Crippen LogP contribution in [0.5, 0.6) is 0 Å². The molecule has 0 bridgehead atoms. The van der Waals surface area contributed by atoms with E-state index in [0.717, 1.165) is 93.9 Å². The molecular formula is C68H48N6. The summed E-state index contributed by atoms with van der Waals surface area (Å²) in [6, 6.07) is 77.0. The molecule has 0 unspecified atom stereocenters. The lowest BCUT2D eigenvalue weighted by atomic mass is 9.93. The second-order valence-electron chi connectivity index (χ2n) is 19.3. The van der Waals surface area contributed by atoms with Crippen molar-refractivity contribution in [2.24, 2.45) is 0 Å². The highest BCUT2D eigenvalue weighted by molar-refractivity contribution is 6.14. The van der Waals surface area contributed by atoms with Crippen molar-refractivity contribution < 1.29 is 0 Å². The lowest BCUT2D eigenvalue weighted by Crippen LogP contribution is -2.06. The van der Waals surface area contributed by atoms with E-state index in [-0.39, 0.29) is 0 Å². The van der Waals surface area contributed by atoms with Gasteiger partial charge in [-0.05, 0) is 110 Å². The molecule has 0 saturated heterocycles. The molecule has 0 saturated carbocycles. The van der Waals surface area contributed by atoms with Crippen LogP contribution < -0.4 is 0 Å². The van der Waals surface area contributed by atoms with E-state index in [1.807, 2.05) is 72.8 Å². The SMILES string of the molecule is [C-]#[N+]c1cccc(-n2c3ccccc3c3cc(-c4ccc(C)cc4C)ccc32)c1-c1c(-c2nc(-c3ccccc3)nc(-c3ccccc3)n2)cccc1-n1c2ccccc2c2cc(-c3ccc(C)cc3C)ccc21. The number of aromatic nitrogens is 5. The molecule has 0 fully saturated rings. The lowest BCUT2D eigenvalue weighted by Gasteiger charge is -2.22. The fraction of sp³-hybridized carbons (Fsp3) is 0.0588. The highest BCUT2D eigenvalue weighted by atomic mass is 15.0. The quantitative estimate of drug-likeness (QED) is 0.143. The largest absolute Gasteiger partial charge is 0.310 e. The zero-order valence-electron chi connectivity index (χ0n) is 41.5. The molecule has 0 atom stereocenters. The van der Waals surface area contributed by atoms with Crippen LogP contribution in [-0.2, 0) is 0 Å². The summed E-state index contributed by atoms with van der Waals surface area (Å²) in [5.74, 6) is 1.61. The molecule has 0 radical (unpaired) electrons. The maximum atomic E-state index is 9.02. The van der Waals surface area contributed by atoms with Crippen LogP contribution in [0, 0.1) is 34.3 Å². The molecule has 6 nitrogen and oxygen atoms in total. The third-order valence-corrected chi connectivity index (χ3v) is 14.6. The minimum Gasteiger partial charge on any atom is -0.310 e. The summed E-state index contributed by atoms with van der Waals surface area (Å²) in [5, 5.41) is 4.52. The standard InChI is InChI=1S/C68H48N6/c1-42-30-34-50(44(3)38-42)48-32-36-60-55(40-48)52-22-12-14-26-58(52)73(60)62-28-16-24-54(68-71-66(46-18-8-6-9-19-46)70-67(72-68)47-20-10-7-11-21-47)64(62)65-57(69-5)25-17-29-63(65)74-59-27-15-13-23-53(59)56-41-49(33-37-61(56)74)51-35-31-43(2)39-45(51)4/h6-41H,1-4H3. The third kappa shape index (κ3) is 7.36. The van der Waals surface area contributed by atoms with Crippen LogP contribution in [0.3, 0.4) is 0 Å². The van der Waals surface area contributed by atoms with Crippen LogP contribution in [0.25, 0.3) is 127 Å². The van der Waals surface area contributed by atoms with Gasteiger partial charge in [0.25, 0.3) is 0 Å². The Morgan fingerprint density at radius 3 is 1.28 bits per heavy atom. The van der Waals surface area contributed by atoms with Crippen LogP contribution in [-0.4, -0.2) is 24.1 Å². The first-order valence-electron chi connectivity index (χ1n) is 25.0. The molecule has 0 aliphatic heterocycles. The molecule has 13 aromatic rings. The number of hydrogen-bond donors (Lipinski definition) is 0. The van der Waals surface area contributed by atoms with Crippen molar-refractivity contribution in [3.05, 3.63) is 252 Å². The maximum Gasteiger partial charge on any atom is 0.197 e. The van der Waals surface area contributed by atoms with Crippen molar-refractivity contribution in [3.63, 3.8) is 0 Å². The van der Waals surface area contributed by atoms with Crippen molar-refractivity contribution in [2.75, 3.05) is 0 Å². The Kier molecular flexibility index (Phi) is 10.7. The average Bonchev–Trinajstić information content (AvgIpc) is 3.95. The van der Waals surface area contributed by atoms with Gasteiger partial charge in [0.15, 0.2) is 23.2 Å². The molecule has 74 heavy (non-hydrogen) atoms. The van der Waals surface area contributed by atoms with E-state index in [2.05, 4.69) is 187 Å². The summed E-state index contributed by atoms with van der Waals surface area (Å²) in [7, 11) is 0. The van der Waals surface area contributed by atoms with Gasteiger partial charge < -0.3 is 9.13 Å². The molecule has 0 N–H and O–H groups in total. The zero-order chi connectivity index (χ0) is 50.0. The van der Waals surface area contributed by atoms with Crippen LogP contribution in [0.2, 0.25) is 0 Å². The molecular weight excluding hydrogens is 901 g/mol. The van der Waals surface area contributed by atoms with Gasteiger partial charge in [0.1, 0.15) is 0 Å². The van der Waals surface area contributed by atoms with Gasteiger partial charge in [-0.3, -0.25) is 0 Å². The van der Waals surface area contributed by atoms with Crippen molar-refractivity contribution in [1.29, 1.82) is 0 Å². The van der Waals surface area contributed by atoms with E-state index in [4.69, 9.17) is 21.5 Å². The first-order valence-corrected chi connectivity index (χ1v) is 25.0. The minimum absolute atomic E-state index is 0.499. The zero-order valence-corrected chi connectivity index (χ0v) is 41.5. The van der Waals surface area contributed by atoms with Gasteiger partial charge in [0, 0.05) is 55.0 Å². The molecule has 13 rings (SSSR count). The molecule has 0 aliphatic carbocycles. The summed E-state index contributed by atoms with van der Waals surface area (Å²) < 4.78 is 4.72. The molecule has 6 heteroatoms. The molecule has 0 spiro atoms. The van der Waals surface area contributed by atoms with Crippen LogP contribution >= 0.6 is 0 Å². The summed E-state index contributed by atoms with van der Waals surface area (Å²) in [5.41, 5.74) is 20.2. The number of para-hydroxylation sites is 2. The van der Waals surface area contributed by atoms with E-state index in [1.165, 1.54) is 33.4 Å². The second kappa shape index (κ2) is 17.9. The summed E-state index contributed by atoms with van der Waals surface area (Å²) >= 11 is 0. The monoisotopic (exact) mass is 948 g/mol. The third-order valence-electron chi connectivity index (χ3n) is 14.6. The number of rotatable bonds is 8. The Hall–Kier alpha value is -9.70. The second-order valence-corrected chi connectivity index (χ2v) is 19.3. The number of nitrogens with zero attached hydrogens (tertiary/aromatic N) is 6. The average molecular weight is 949 g/mol. The van der Waals surface area contributed by atoms with Crippen molar-refractivity contribution in [3.8, 4) is 78.9 Å². The van der Waals surface area contributed by atoms with Gasteiger partial charge in [-0.15, -0.1) is 0 Å². The fourth-order valence-corrected chi connectivity index (χ4v) is 11.2. The summed E-state index contributed by atoms with van der Waals surface area (Å²) in [6.45, 7) is 17.7. The first-order chi connectivity index (χ1) is 36.3. The van der Waals surface area contributed by atoms with Gasteiger partial charge in [-0.2, -0.15) is 0 Å². The lowest BCUT2D eigenvalue weighted by molar-refractivity contribution is 1.07. The van der Waals surface area contributed by atoms with Crippen molar-refractivity contribution in [2.45, 2.75) is 27.7 Å². The summed E-state index contributed by atoms with van der Waals surface area (Å²) in [4.78, 5) is 20.3. The summed E-state index contributed by atoms with van der Waals surface area (Å²) in [6.07, 6.45) is 0. The van der Waals surface area contributed by atoms with Crippen LogP contribution in [0.4, 0.5) is 5.69 Å². The Labute approximate surface area is 430 Å². The highest BCUT2D eigenvalue weighted by Crippen LogP contribution is 2.49. The first kappa shape index (κ1) is 44.3. The normalized spacial score (nSPS) is 11.5. The maximum absolute atomic E-state index is 9.02. The molecule has 0 aliphatic rings. The van der Waals surface area contributed by atoms with Gasteiger partial charge in [0.2, 0.25) is 0 Å². The number of fused-ring (bicyclic) bond motifs is 6. The molecule has 3 aromatic heterocycles. The highest BCUT2D eigenvalue weighted by Gasteiger charge is 2.27.